The average Bonchev–Trinajstić information content (AvgIpc) is 2.91. The second-order valence-electron chi connectivity index (χ2n) is 4.73. The van der Waals surface area contributed by atoms with Gasteiger partial charge in [0, 0.05) is 23.1 Å². The number of aromatic nitrogens is 2. The number of anilines is 1. The molecule has 1 aromatic heterocycles. The topological polar surface area (TPSA) is 46.9 Å². The van der Waals surface area contributed by atoms with E-state index >= 15 is 0 Å². The average molecular weight is 344 g/mol. The number of carbonyl (C=O) groups excluding carboxylic acids is 1. The minimum absolute atomic E-state index is 0.00453. The summed E-state index contributed by atoms with van der Waals surface area (Å²) in [5, 5.41) is 2.89. The first-order valence-electron chi connectivity index (χ1n) is 6.68. The minimum Gasteiger partial charge on any atom is -0.330 e. The maximum atomic E-state index is 12.0. The molecule has 5 heteroatoms. The van der Waals surface area contributed by atoms with Crippen molar-refractivity contribution in [2.75, 3.05) is 5.32 Å². The first-order chi connectivity index (χ1) is 10.2. The molecule has 0 saturated heterocycles. The highest BCUT2D eigenvalue weighted by atomic mass is 79.9. The molecule has 0 aliphatic heterocycles. The number of para-hydroxylation sites is 2. The van der Waals surface area contributed by atoms with Gasteiger partial charge in [-0.3, -0.25) is 4.79 Å². The summed E-state index contributed by atoms with van der Waals surface area (Å²) in [6.45, 7) is 0.614. The SMILES string of the molecule is O=C(CCn1cnc2ccccc21)Nc1ccc(Br)cc1. The predicted molar refractivity (Wildman–Crippen MR) is 87.1 cm³/mol. The molecule has 0 atom stereocenters. The zero-order valence-corrected chi connectivity index (χ0v) is 12.9. The molecular weight excluding hydrogens is 330 g/mol. The lowest BCUT2D eigenvalue weighted by Gasteiger charge is -2.06. The van der Waals surface area contributed by atoms with Crippen LogP contribution >= 0.6 is 15.9 Å². The number of benzene rings is 2. The van der Waals surface area contributed by atoms with E-state index in [4.69, 9.17) is 0 Å². The number of imidazole rings is 1. The molecule has 0 fully saturated rings. The Labute approximate surface area is 130 Å². The van der Waals surface area contributed by atoms with Crippen LogP contribution in [0.15, 0.2) is 59.3 Å². The minimum atomic E-state index is -0.00453. The molecule has 0 bridgehead atoms. The van der Waals surface area contributed by atoms with Crippen molar-refractivity contribution in [1.82, 2.24) is 9.55 Å². The van der Waals surface area contributed by atoms with Crippen molar-refractivity contribution in [1.29, 1.82) is 0 Å². The van der Waals surface area contributed by atoms with Crippen LogP contribution in [0, 0.1) is 0 Å². The summed E-state index contributed by atoms with van der Waals surface area (Å²) < 4.78 is 2.99. The van der Waals surface area contributed by atoms with Crippen molar-refractivity contribution in [3.63, 3.8) is 0 Å². The fourth-order valence-electron chi connectivity index (χ4n) is 2.17. The van der Waals surface area contributed by atoms with E-state index in [1.165, 1.54) is 0 Å². The highest BCUT2D eigenvalue weighted by Gasteiger charge is 2.05. The maximum absolute atomic E-state index is 12.0. The van der Waals surface area contributed by atoms with Crippen molar-refractivity contribution in [2.24, 2.45) is 0 Å². The Kier molecular flexibility index (Phi) is 4.01. The summed E-state index contributed by atoms with van der Waals surface area (Å²) in [6.07, 6.45) is 2.19. The molecule has 0 aliphatic rings. The Morgan fingerprint density at radius 1 is 1.14 bits per heavy atom. The summed E-state index contributed by atoms with van der Waals surface area (Å²) in [6, 6.07) is 15.5. The van der Waals surface area contributed by atoms with Gasteiger partial charge in [0.15, 0.2) is 0 Å². The Morgan fingerprint density at radius 2 is 1.90 bits per heavy atom. The zero-order chi connectivity index (χ0) is 14.7. The highest BCUT2D eigenvalue weighted by molar-refractivity contribution is 9.10. The molecule has 4 nitrogen and oxygen atoms in total. The van der Waals surface area contributed by atoms with E-state index in [0.717, 1.165) is 21.2 Å². The van der Waals surface area contributed by atoms with Crippen molar-refractivity contribution in [3.05, 3.63) is 59.3 Å². The standard InChI is InChI=1S/C16H14BrN3O/c17-12-5-7-13(8-6-12)19-16(21)9-10-20-11-18-14-3-1-2-4-15(14)20/h1-8,11H,9-10H2,(H,19,21). The molecule has 0 spiro atoms. The fourth-order valence-corrected chi connectivity index (χ4v) is 2.43. The quantitative estimate of drug-likeness (QED) is 0.782. The number of nitrogens with one attached hydrogen (secondary N) is 1. The number of amides is 1. The van der Waals surface area contributed by atoms with Gasteiger partial charge in [-0.05, 0) is 36.4 Å². The number of hydrogen-bond acceptors (Lipinski definition) is 2. The van der Waals surface area contributed by atoms with Crippen LogP contribution in [0.2, 0.25) is 0 Å². The van der Waals surface area contributed by atoms with Crippen molar-refractivity contribution in [3.8, 4) is 0 Å². The number of halogens is 1. The third kappa shape index (κ3) is 3.31. The molecule has 1 heterocycles. The second-order valence-corrected chi connectivity index (χ2v) is 5.65. The molecule has 1 N–H and O–H groups in total. The molecule has 21 heavy (non-hydrogen) atoms. The Hall–Kier alpha value is -2.14. The monoisotopic (exact) mass is 343 g/mol. The van der Waals surface area contributed by atoms with Crippen molar-refractivity contribution < 1.29 is 4.79 Å². The molecule has 0 radical (unpaired) electrons. The van der Waals surface area contributed by atoms with E-state index in [2.05, 4.69) is 26.2 Å². The molecule has 3 rings (SSSR count). The lowest BCUT2D eigenvalue weighted by molar-refractivity contribution is -0.116. The number of carbonyl (C=O) groups is 1. The molecule has 106 valence electrons. The van der Waals surface area contributed by atoms with Crippen molar-refractivity contribution >= 4 is 38.6 Å². The van der Waals surface area contributed by atoms with E-state index in [1.807, 2.05) is 53.1 Å². The highest BCUT2D eigenvalue weighted by Crippen LogP contribution is 2.15. The van der Waals surface area contributed by atoms with E-state index in [1.54, 1.807) is 6.33 Å². The lowest BCUT2D eigenvalue weighted by Crippen LogP contribution is -2.14. The third-order valence-electron chi connectivity index (χ3n) is 3.24. The van der Waals surface area contributed by atoms with Gasteiger partial charge in [0.2, 0.25) is 5.91 Å². The van der Waals surface area contributed by atoms with Gasteiger partial charge in [0.1, 0.15) is 0 Å². The van der Waals surface area contributed by atoms with Gasteiger partial charge in [0.05, 0.1) is 17.4 Å². The molecule has 0 saturated carbocycles. The van der Waals surface area contributed by atoms with Crippen LogP contribution in [-0.2, 0) is 11.3 Å². The van der Waals surface area contributed by atoms with Crippen LogP contribution < -0.4 is 5.32 Å². The molecule has 2 aromatic carbocycles. The van der Waals surface area contributed by atoms with Crippen LogP contribution in [0.1, 0.15) is 6.42 Å². The van der Waals surface area contributed by atoms with Crippen LogP contribution in [0.4, 0.5) is 5.69 Å². The molecule has 0 aliphatic carbocycles. The van der Waals surface area contributed by atoms with Crippen LogP contribution in [0.3, 0.4) is 0 Å². The number of aryl methyl sites for hydroxylation is 1. The van der Waals surface area contributed by atoms with Gasteiger partial charge < -0.3 is 9.88 Å². The molecule has 0 unspecified atom stereocenters. The van der Waals surface area contributed by atoms with Gasteiger partial charge in [-0.15, -0.1) is 0 Å². The lowest BCUT2D eigenvalue weighted by atomic mass is 10.3. The molecular formula is C16H14BrN3O. The van der Waals surface area contributed by atoms with Gasteiger partial charge in [-0.2, -0.15) is 0 Å². The Bertz CT molecular complexity index is 765. The van der Waals surface area contributed by atoms with E-state index in [0.29, 0.717) is 13.0 Å². The van der Waals surface area contributed by atoms with E-state index in [-0.39, 0.29) is 5.91 Å². The summed E-state index contributed by atoms with van der Waals surface area (Å²) in [4.78, 5) is 16.3. The Morgan fingerprint density at radius 3 is 2.71 bits per heavy atom. The largest absolute Gasteiger partial charge is 0.330 e. The Balaban J connectivity index is 1.62. The second kappa shape index (κ2) is 6.10. The fraction of sp³-hybridized carbons (Fsp3) is 0.125. The first-order valence-corrected chi connectivity index (χ1v) is 7.47. The van der Waals surface area contributed by atoms with E-state index < -0.39 is 0 Å². The smallest absolute Gasteiger partial charge is 0.226 e. The first kappa shape index (κ1) is 13.8. The molecule has 3 aromatic rings. The van der Waals surface area contributed by atoms with Crippen LogP contribution in [0.5, 0.6) is 0 Å². The number of nitrogens with zero attached hydrogens (tertiary/aromatic N) is 2. The third-order valence-corrected chi connectivity index (χ3v) is 3.76. The number of fused-ring (bicyclic) bond motifs is 1. The van der Waals surface area contributed by atoms with Crippen molar-refractivity contribution in [2.45, 2.75) is 13.0 Å². The van der Waals surface area contributed by atoms with Gasteiger partial charge in [-0.25, -0.2) is 4.98 Å². The number of rotatable bonds is 4. The van der Waals surface area contributed by atoms with Gasteiger partial charge >= 0.3 is 0 Å². The summed E-state index contributed by atoms with van der Waals surface area (Å²) in [7, 11) is 0. The predicted octanol–water partition coefficient (Wildman–Crippen LogP) is 3.83. The zero-order valence-electron chi connectivity index (χ0n) is 11.3. The van der Waals surface area contributed by atoms with Gasteiger partial charge in [0.25, 0.3) is 0 Å². The number of hydrogen-bond donors (Lipinski definition) is 1. The van der Waals surface area contributed by atoms with E-state index in [9.17, 15) is 4.79 Å². The van der Waals surface area contributed by atoms with Crippen LogP contribution in [-0.4, -0.2) is 15.5 Å². The maximum Gasteiger partial charge on any atom is 0.226 e. The summed E-state index contributed by atoms with van der Waals surface area (Å²) in [5.74, 6) is -0.00453. The summed E-state index contributed by atoms with van der Waals surface area (Å²) >= 11 is 3.37. The molecule has 1 amide bonds. The van der Waals surface area contributed by atoms with Gasteiger partial charge in [-0.1, -0.05) is 28.1 Å². The summed E-state index contributed by atoms with van der Waals surface area (Å²) in [5.41, 5.74) is 2.80. The normalized spacial score (nSPS) is 10.7. The van der Waals surface area contributed by atoms with Crippen LogP contribution in [0.25, 0.3) is 11.0 Å².